The molecule has 0 aliphatic carbocycles. The number of hydrogen-bond donors (Lipinski definition) is 4. The van der Waals surface area contributed by atoms with Crippen molar-refractivity contribution in [3.05, 3.63) is 0 Å². The van der Waals surface area contributed by atoms with E-state index in [1.165, 1.54) is 0 Å². The third-order valence-electron chi connectivity index (χ3n) is 0. The molecule has 0 rings (SSSR count). The quantitative estimate of drug-likeness (QED) is 0.305. The zero-order valence-electron chi connectivity index (χ0n) is 5.33. The Morgan fingerprint density at radius 3 is 1.00 bits per heavy atom. The minimum Gasteiger partial charge on any atom is -1.00 e. The molecule has 4 N–H and O–H groups in total. The van der Waals surface area contributed by atoms with Crippen LogP contribution in [0.5, 0.6) is 0 Å². The Morgan fingerprint density at radius 1 is 1.00 bits per heavy atom. The van der Waals surface area contributed by atoms with Gasteiger partial charge in [-0.15, -0.1) is 0 Å². The van der Waals surface area contributed by atoms with Crippen LogP contribution in [0.4, 0.5) is 0 Å². The average Bonchev–Trinajstić information content (AvgIpc) is 0.722. The van der Waals surface area contributed by atoms with Crippen molar-refractivity contribution in [1.29, 1.82) is 0 Å². The van der Waals surface area contributed by atoms with E-state index < -0.39 is 9.05 Å². The molecule has 0 saturated carbocycles. The summed E-state index contributed by atoms with van der Waals surface area (Å²) in [6.07, 6.45) is 0. The van der Waals surface area contributed by atoms with Gasteiger partial charge < -0.3 is 22.0 Å². The molecule has 7 heavy (non-hydrogen) atoms. The van der Waals surface area contributed by atoms with Crippen molar-refractivity contribution in [2.24, 2.45) is 0 Å². The molecule has 0 aliphatic rings. The van der Waals surface area contributed by atoms with Gasteiger partial charge in [-0.3, -0.25) is 0 Å². The molecule has 0 aromatic heterocycles. The molecule has 4 nitrogen and oxygen atoms in total. The first-order valence-electron chi connectivity index (χ1n) is 0.894. The largest absolute Gasteiger partial charge is 2.00 e. The maximum Gasteiger partial charge on any atom is 2.00 e. The normalized spacial score (nSPS) is 8.57. The molecule has 0 aliphatic heterocycles. The summed E-state index contributed by atoms with van der Waals surface area (Å²) in [5, 5.41) is 0. The maximum absolute atomic E-state index is 7.33. The van der Waals surface area contributed by atoms with Gasteiger partial charge in [0.15, 0.2) is 0 Å². The average molecular weight is 181 g/mol. The van der Waals surface area contributed by atoms with E-state index in [-0.39, 0.29) is 42.7 Å². The monoisotopic (exact) mass is 181 g/mol. The molecule has 0 aromatic rings. The van der Waals surface area contributed by atoms with Crippen molar-refractivity contribution >= 4 is 32.1 Å². The van der Waals surface area contributed by atoms with Crippen LogP contribution in [-0.2, 0) is 16.8 Å². The fourth-order valence-corrected chi connectivity index (χ4v) is 0. The molecule has 7 heteroatoms. The van der Waals surface area contributed by atoms with E-state index in [0.717, 1.165) is 0 Å². The first-order valence-corrected chi connectivity index (χ1v) is 2.68. The summed E-state index contributed by atoms with van der Waals surface area (Å²) in [4.78, 5) is 29.3. The van der Waals surface area contributed by atoms with E-state index in [9.17, 15) is 0 Å². The van der Waals surface area contributed by atoms with Gasteiger partial charge in [-0.1, -0.05) is 0 Å². The van der Waals surface area contributed by atoms with E-state index in [0.29, 0.717) is 0 Å². The second-order valence-electron chi connectivity index (χ2n) is 0.600. The predicted molar refractivity (Wildman–Crippen MR) is 22.6 cm³/mol. The molecule has 0 heterocycles. The summed E-state index contributed by atoms with van der Waals surface area (Å²) < 4.78 is 0. The van der Waals surface area contributed by atoms with E-state index in [1.807, 2.05) is 0 Å². The summed E-state index contributed by atoms with van der Waals surface area (Å²) >= 11 is 0. The van der Waals surface area contributed by atoms with E-state index in [1.54, 1.807) is 0 Å². The summed E-state index contributed by atoms with van der Waals surface area (Å²) in [5.74, 6) is 0. The Balaban J connectivity index is -0.0000000133. The molecule has 0 amide bonds. The Hall–Kier alpha value is 1.33. The predicted octanol–water partition coefficient (Wildman–Crippen LogP) is -2.77. The van der Waals surface area contributed by atoms with Crippen molar-refractivity contribution in [3.63, 3.8) is 0 Å². The van der Waals surface area contributed by atoms with Crippen molar-refractivity contribution in [2.75, 3.05) is 0 Å². The summed E-state index contributed by atoms with van der Waals surface area (Å²) in [6.45, 7) is 0. The molecule has 0 aromatic carbocycles. The van der Waals surface area contributed by atoms with Crippen LogP contribution in [0.15, 0.2) is 0 Å². The van der Waals surface area contributed by atoms with Crippen molar-refractivity contribution < 1.29 is 38.8 Å². The van der Waals surface area contributed by atoms with Gasteiger partial charge in [0, 0.05) is 16.8 Å². The minimum absolute atomic E-state index is 0. The molecular formula is H6CoMgO4Si. The molecule has 0 spiro atoms. The summed E-state index contributed by atoms with van der Waals surface area (Å²) in [6, 6.07) is 0. The smallest absolute Gasteiger partial charge is 1.00 e. The van der Waals surface area contributed by atoms with Gasteiger partial charge in [0.2, 0.25) is 0 Å². The van der Waals surface area contributed by atoms with E-state index >= 15 is 0 Å². The number of hydrogen-bond acceptors (Lipinski definition) is 4. The van der Waals surface area contributed by atoms with Crippen LogP contribution in [0.2, 0.25) is 0 Å². The Kier molecular flexibility index (Phi) is 12.3. The minimum atomic E-state index is -4.61. The van der Waals surface area contributed by atoms with Crippen LogP contribution >= 0.6 is 0 Å². The van der Waals surface area contributed by atoms with Gasteiger partial charge in [-0.05, 0) is 0 Å². The van der Waals surface area contributed by atoms with Crippen LogP contribution in [0.25, 0.3) is 0 Å². The fourth-order valence-electron chi connectivity index (χ4n) is 0. The van der Waals surface area contributed by atoms with Gasteiger partial charge in [0.1, 0.15) is 0 Å². The van der Waals surface area contributed by atoms with Crippen LogP contribution in [-0.4, -0.2) is 51.3 Å². The molecule has 0 bridgehead atoms. The third-order valence-corrected chi connectivity index (χ3v) is 0. The number of rotatable bonds is 0. The van der Waals surface area contributed by atoms with Crippen LogP contribution in [0.1, 0.15) is 2.85 Å². The van der Waals surface area contributed by atoms with Crippen LogP contribution < -0.4 is 0 Å². The molecule has 0 atom stereocenters. The topological polar surface area (TPSA) is 80.9 Å². The zero-order valence-corrected chi connectivity index (χ0v) is 6.78. The fraction of sp³-hybridized carbons (Fsp3) is 0. The second kappa shape index (κ2) is 5.47. The van der Waals surface area contributed by atoms with Crippen molar-refractivity contribution in [2.45, 2.75) is 0 Å². The molecule has 45 valence electrons. The van der Waals surface area contributed by atoms with Gasteiger partial charge >= 0.3 is 32.1 Å². The summed E-state index contributed by atoms with van der Waals surface area (Å²) in [7, 11) is -4.61. The maximum atomic E-state index is 7.33. The van der Waals surface area contributed by atoms with Crippen LogP contribution in [0, 0.1) is 0 Å². The SMILES string of the molecule is O[Si](O)(O)O.[Co].[H-].[H-].[Mg+2]. The van der Waals surface area contributed by atoms with Crippen LogP contribution in [0.3, 0.4) is 0 Å². The Morgan fingerprint density at radius 2 is 1.00 bits per heavy atom. The Labute approximate surface area is 71.0 Å². The van der Waals surface area contributed by atoms with Crippen molar-refractivity contribution in [3.8, 4) is 0 Å². The van der Waals surface area contributed by atoms with Gasteiger partial charge in [-0.2, -0.15) is 0 Å². The first kappa shape index (κ1) is 15.8. The van der Waals surface area contributed by atoms with Gasteiger partial charge in [-0.25, -0.2) is 0 Å². The second-order valence-corrected chi connectivity index (χ2v) is 1.80. The zero-order chi connectivity index (χ0) is 4.50. The summed E-state index contributed by atoms with van der Waals surface area (Å²) in [5.41, 5.74) is 0. The molecule has 1 radical (unpaired) electrons. The molecule has 0 fully saturated rings. The van der Waals surface area contributed by atoms with E-state index in [4.69, 9.17) is 19.2 Å². The molecule has 0 saturated heterocycles. The van der Waals surface area contributed by atoms with E-state index in [2.05, 4.69) is 0 Å². The van der Waals surface area contributed by atoms with Gasteiger partial charge in [0.25, 0.3) is 0 Å². The van der Waals surface area contributed by atoms with Crippen molar-refractivity contribution in [1.82, 2.24) is 0 Å². The third kappa shape index (κ3) is 118. The first-order chi connectivity index (χ1) is 2.00. The Bertz CT molecular complexity index is 34.0. The van der Waals surface area contributed by atoms with Gasteiger partial charge in [0.05, 0.1) is 0 Å². The molecule has 0 unspecified atom stereocenters. The standard InChI is InChI=1S/Co.Mg.H4O4Si.2H/c;;1-5(2,3)4;;/h;;1-4H;;/q;+2;;2*-1. The molecular weight excluding hydrogens is 175 g/mol.